The van der Waals surface area contributed by atoms with E-state index in [0.29, 0.717) is 38.8 Å². The molecule has 0 aromatic heterocycles. The number of carbonyl (C=O) groups excluding carboxylic acids is 4. The van der Waals surface area contributed by atoms with Gasteiger partial charge in [-0.15, -0.1) is 0 Å². The van der Waals surface area contributed by atoms with Gasteiger partial charge in [-0.1, -0.05) is 13.8 Å². The second-order valence-corrected chi connectivity index (χ2v) is 27.0. The molecule has 4 bridgehead atoms. The highest BCUT2D eigenvalue weighted by atomic mass is 31.2. The Morgan fingerprint density at radius 3 is 1.59 bits per heavy atom. The van der Waals surface area contributed by atoms with Crippen LogP contribution in [-0.2, 0) is 102 Å². The number of hydrogen-bond acceptors (Lipinski definition) is 23. The predicted octanol–water partition coefficient (Wildman–Crippen LogP) is 1.53. The zero-order valence-electron chi connectivity index (χ0n) is 47.7. The number of carbonyl (C=O) groups is 4. The fraction of sp³-hybridized carbons (Fsp3) is 0.913. The average Bonchev–Trinajstić information content (AvgIpc) is 4.17. The lowest BCUT2D eigenvalue weighted by atomic mass is 10.00. The highest BCUT2D eigenvalue weighted by Crippen LogP contribution is 2.56. The van der Waals surface area contributed by atoms with E-state index >= 15 is 0 Å². The van der Waals surface area contributed by atoms with Gasteiger partial charge in [0.05, 0.1) is 83.3 Å². The monoisotopic (exact) mass is 1230 g/mol. The maximum atomic E-state index is 12.8. The second kappa shape index (κ2) is 31.1. The first kappa shape index (κ1) is 70.7. The summed E-state index contributed by atoms with van der Waals surface area (Å²) in [6, 6.07) is 0. The van der Waals surface area contributed by atoms with Crippen molar-refractivity contribution < 1.29 is 122 Å². The van der Waals surface area contributed by atoms with Crippen molar-refractivity contribution in [3.8, 4) is 0 Å². The van der Waals surface area contributed by atoms with Gasteiger partial charge in [0.2, 0.25) is 17.7 Å². The molecule has 80 heavy (non-hydrogen) atoms. The molecular formula is C46H86N4O26P4. The highest BCUT2D eigenvalue weighted by Gasteiger charge is 2.65. The van der Waals surface area contributed by atoms with E-state index in [-0.39, 0.29) is 101 Å². The summed E-state index contributed by atoms with van der Waals surface area (Å²) in [5.74, 6) is -0.592. The Kier molecular flexibility index (Phi) is 27.5. The van der Waals surface area contributed by atoms with E-state index in [2.05, 4.69) is 10.6 Å². The topological polar surface area (TPSA) is 377 Å². The Labute approximate surface area is 467 Å². The first-order chi connectivity index (χ1) is 37.2. The third-order valence-corrected chi connectivity index (χ3v) is 16.6. The summed E-state index contributed by atoms with van der Waals surface area (Å²) >= 11 is 0. The van der Waals surface area contributed by atoms with Crippen molar-refractivity contribution in [2.75, 3.05) is 114 Å². The van der Waals surface area contributed by atoms with Crippen LogP contribution in [0.1, 0.15) is 74.1 Å². The van der Waals surface area contributed by atoms with E-state index in [9.17, 15) is 57.0 Å². The Balaban J connectivity index is 0.000000261. The smallest absolute Gasteiger partial charge is 0.382 e. The molecular weight excluding hydrogens is 1150 g/mol. The molecule has 0 aromatic carbocycles. The molecule has 6 aliphatic rings. The molecule has 0 aliphatic carbocycles. The Morgan fingerprint density at radius 1 is 0.637 bits per heavy atom. The summed E-state index contributed by atoms with van der Waals surface area (Å²) < 4.78 is 124. The summed E-state index contributed by atoms with van der Waals surface area (Å²) in [5.41, 5.74) is -2.31. The zero-order valence-corrected chi connectivity index (χ0v) is 51.3. The van der Waals surface area contributed by atoms with E-state index in [1.54, 1.807) is 41.7 Å². The number of Topliss-reactive ketones (excluding diaryl/α,β-unsaturated/α-hetero) is 1. The summed E-state index contributed by atoms with van der Waals surface area (Å²) in [6.45, 7) is 15.5. The molecule has 6 saturated heterocycles. The molecule has 3 amide bonds. The van der Waals surface area contributed by atoms with Crippen molar-refractivity contribution >= 4 is 54.3 Å². The molecule has 0 aromatic rings. The first-order valence-electron chi connectivity index (χ1n) is 26.4. The van der Waals surface area contributed by atoms with Crippen LogP contribution in [0.2, 0.25) is 0 Å². The summed E-state index contributed by atoms with van der Waals surface area (Å²) in [5, 5.41) is 5.64. The van der Waals surface area contributed by atoms with E-state index in [1.165, 1.54) is 30.9 Å². The fourth-order valence-electron chi connectivity index (χ4n) is 9.95. The normalized spacial score (nSPS) is 34.2. The van der Waals surface area contributed by atoms with Crippen molar-refractivity contribution in [2.24, 2.45) is 0 Å². The van der Waals surface area contributed by atoms with Crippen LogP contribution in [0.15, 0.2) is 0 Å². The maximum absolute atomic E-state index is 12.8. The van der Waals surface area contributed by atoms with Crippen molar-refractivity contribution in [1.29, 1.82) is 0 Å². The number of ether oxygens (including phenoxy) is 8. The zero-order chi connectivity index (χ0) is 60.0. The number of fused-ring (bicyclic) bond motifs is 4. The van der Waals surface area contributed by atoms with Crippen LogP contribution >= 0.6 is 30.8 Å². The van der Waals surface area contributed by atoms with Crippen LogP contribution in [0.3, 0.4) is 0 Å². The number of rotatable bonds is 30. The Hall–Kier alpha value is -1.76. The highest BCUT2D eigenvalue weighted by molar-refractivity contribution is 7.52. The number of likely N-dealkylation sites (N-methyl/N-ethyl adjacent to an activating group) is 1. The standard InChI is InChI=1S/C16H30N4O4.C16H28O12P2.C14H28O10P2/c1-5-15(23)19(11-13(3)21)10-8-18-14(22)12-20(9-7-17-4)16(24)6-2;1-9-11-13(27-29(4,17)18)16(26-9,7-23-11)8-24-30(19,20)28-14-12-10(2)25-15(14,5-21-3)6-22-12;1-9-5-11(23-25(4,15)16)14(22-9)8-20-26(17,18)24-12-6-10(2)21-13(12)7-19-3/h17H,5-12H2,1-4H3,(H,18,22);9-14H,5-8H2,1-4H3,(H,17,18)(H,19,20);9-14H,5-8H2,1-4H3,(H,15,16)(H,17,18)/t;9?,10?,11-,12-,13+,14+,15-,16+;9?,10?,11-,12-,13-,14-/m.01/s1. The Bertz CT molecular complexity index is 2230. The lowest BCUT2D eigenvalue weighted by molar-refractivity contribution is -0.161. The average molecular weight is 1240 g/mol. The van der Waals surface area contributed by atoms with Gasteiger partial charge in [-0.3, -0.25) is 50.9 Å². The van der Waals surface area contributed by atoms with Gasteiger partial charge < -0.3 is 82.4 Å². The first-order valence-corrected chi connectivity index (χ1v) is 33.4. The van der Waals surface area contributed by atoms with Gasteiger partial charge in [0, 0.05) is 79.4 Å². The van der Waals surface area contributed by atoms with Gasteiger partial charge in [-0.2, -0.15) is 0 Å². The molecule has 18 atom stereocenters. The van der Waals surface area contributed by atoms with Crippen LogP contribution in [0.4, 0.5) is 0 Å². The Morgan fingerprint density at radius 2 is 1.11 bits per heavy atom. The fourth-order valence-corrected chi connectivity index (χ4v) is 13.4. The van der Waals surface area contributed by atoms with Crippen LogP contribution < -0.4 is 10.6 Å². The quantitative estimate of drug-likeness (QED) is 0.0555. The molecule has 6 fully saturated rings. The molecule has 30 nitrogen and oxygen atoms in total. The predicted molar refractivity (Wildman–Crippen MR) is 282 cm³/mol. The van der Waals surface area contributed by atoms with Crippen molar-refractivity contribution in [2.45, 2.75) is 159 Å². The molecule has 466 valence electrons. The molecule has 6 aliphatic heterocycles. The molecule has 6 N–H and O–H groups in total. The van der Waals surface area contributed by atoms with Gasteiger partial charge >= 0.3 is 30.8 Å². The second-order valence-electron chi connectivity index (χ2n) is 20.6. The lowest BCUT2D eigenvalue weighted by Gasteiger charge is -2.32. The number of ketones is 1. The van der Waals surface area contributed by atoms with E-state index in [1.807, 2.05) is 6.92 Å². The van der Waals surface area contributed by atoms with Crippen molar-refractivity contribution in [3.05, 3.63) is 0 Å². The van der Waals surface area contributed by atoms with Crippen LogP contribution in [0.25, 0.3) is 0 Å². The summed E-state index contributed by atoms with van der Waals surface area (Å²) in [6.07, 6.45) is -5.15. The van der Waals surface area contributed by atoms with Crippen molar-refractivity contribution in [1.82, 2.24) is 20.4 Å². The number of methoxy groups -OCH3 is 2. The van der Waals surface area contributed by atoms with Crippen LogP contribution in [0.5, 0.6) is 0 Å². The molecule has 0 saturated carbocycles. The van der Waals surface area contributed by atoms with Crippen molar-refractivity contribution in [3.63, 3.8) is 0 Å². The van der Waals surface area contributed by atoms with E-state index in [0.717, 1.165) is 13.3 Å². The number of nitrogens with zero attached hydrogens (tertiary/aromatic N) is 2. The number of phosphoric ester groups is 2. The lowest BCUT2D eigenvalue weighted by Crippen LogP contribution is -2.47. The van der Waals surface area contributed by atoms with Crippen LogP contribution in [-0.4, -0.2) is 251 Å². The number of nitrogens with one attached hydrogen (secondary N) is 2. The molecule has 0 spiro atoms. The number of hydrogen-bond donors (Lipinski definition) is 6. The van der Waals surface area contributed by atoms with Crippen LogP contribution in [0, 0.1) is 0 Å². The minimum atomic E-state index is -4.59. The maximum Gasteiger partial charge on any atom is 0.472 e. The molecule has 6 rings (SSSR count). The van der Waals surface area contributed by atoms with Gasteiger partial charge in [-0.25, -0.2) is 9.13 Å². The third-order valence-electron chi connectivity index (χ3n) is 13.4. The SMILES string of the molecule is CCC(=O)N(CCNC(=O)CN(CCNC)C(=O)CC)CC(C)=O.COC[C@@]12CO[C@@H](C(C)O1)[C@H]2OP(=O)(O)OC[C@@]12CO[C@@H](C(C)O1)[C@H]2OP(C)(=O)O.COC[C@H]1OC(C)C[C@H]1OP(=O)(O)OC[C@H]1OC(C)C[C@H]1OP(C)(=O)O. The largest absolute Gasteiger partial charge is 0.472 e. The third kappa shape index (κ3) is 21.3. The molecule has 6 heterocycles. The van der Waals surface area contributed by atoms with Gasteiger partial charge in [-0.05, 0) is 41.7 Å². The van der Waals surface area contributed by atoms with Gasteiger partial charge in [0.25, 0.3) is 0 Å². The van der Waals surface area contributed by atoms with Gasteiger partial charge in [0.1, 0.15) is 59.7 Å². The molecule has 34 heteroatoms. The summed E-state index contributed by atoms with van der Waals surface area (Å²) in [7, 11) is -11.8. The molecule has 0 radical (unpaired) electrons. The minimum absolute atomic E-state index is 0.0111. The van der Waals surface area contributed by atoms with E-state index in [4.69, 9.17) is 65.0 Å². The summed E-state index contributed by atoms with van der Waals surface area (Å²) in [4.78, 5) is 89.1. The number of amides is 3. The van der Waals surface area contributed by atoms with Gasteiger partial charge in [0.15, 0.2) is 0 Å². The number of phosphoric acid groups is 2. The van der Waals surface area contributed by atoms with E-state index < -0.39 is 104 Å². The minimum Gasteiger partial charge on any atom is -0.382 e. The molecule has 8 unspecified atom stereocenters.